The number of nitrogens with two attached hydrogens (primary N) is 1. The Bertz CT molecular complexity index is 777. The first kappa shape index (κ1) is 16.9. The van der Waals surface area contributed by atoms with Crippen LogP contribution < -0.4 is 5.73 Å². The smallest absolute Gasteiger partial charge is 0.169 e. The highest BCUT2D eigenvalue weighted by atomic mass is 35.5. The van der Waals surface area contributed by atoms with Crippen LogP contribution in [0.15, 0.2) is 11.1 Å². The molecular formula is C15H19ClN2O3S2. The minimum Gasteiger partial charge on any atom is -0.386 e. The van der Waals surface area contributed by atoms with E-state index in [-0.39, 0.29) is 17.4 Å². The van der Waals surface area contributed by atoms with Crippen LogP contribution >= 0.6 is 22.9 Å². The fraction of sp³-hybridized carbons (Fsp3) is 0.600. The van der Waals surface area contributed by atoms with Crippen molar-refractivity contribution in [3.05, 3.63) is 20.8 Å². The van der Waals surface area contributed by atoms with Crippen molar-refractivity contribution in [3.8, 4) is 0 Å². The van der Waals surface area contributed by atoms with E-state index in [0.29, 0.717) is 27.6 Å². The first-order chi connectivity index (χ1) is 10.8. The summed E-state index contributed by atoms with van der Waals surface area (Å²) >= 11 is 7.40. The van der Waals surface area contributed by atoms with E-state index in [1.165, 1.54) is 18.3 Å². The molecule has 0 unspecified atom stereocenters. The van der Waals surface area contributed by atoms with E-state index < -0.39 is 20.6 Å². The van der Waals surface area contributed by atoms with E-state index in [4.69, 9.17) is 17.3 Å². The first-order valence-electron chi connectivity index (χ1n) is 7.63. The van der Waals surface area contributed by atoms with E-state index in [2.05, 4.69) is 4.99 Å². The minimum atomic E-state index is -3.41. The van der Waals surface area contributed by atoms with Crippen LogP contribution in [0.2, 0.25) is 5.02 Å². The number of rotatable bonds is 2. The number of hydrogen-bond donors (Lipinski definition) is 1. The van der Waals surface area contributed by atoms with Gasteiger partial charge in [0.05, 0.1) is 15.7 Å². The normalized spacial score (nSPS) is 26.0. The van der Waals surface area contributed by atoms with Crippen molar-refractivity contribution in [3.63, 3.8) is 0 Å². The maximum atomic E-state index is 12.9. The van der Waals surface area contributed by atoms with Crippen LogP contribution in [0.4, 0.5) is 0 Å². The number of hydrogen-bond acceptors (Lipinski definition) is 6. The molecule has 0 bridgehead atoms. The molecule has 1 aromatic heterocycles. The summed E-state index contributed by atoms with van der Waals surface area (Å²) in [6.07, 6.45) is 3.85. The Morgan fingerprint density at radius 1 is 1.39 bits per heavy atom. The average Bonchev–Trinajstić information content (AvgIpc) is 2.88. The van der Waals surface area contributed by atoms with Gasteiger partial charge in [-0.1, -0.05) is 30.9 Å². The quantitative estimate of drug-likeness (QED) is 0.805. The van der Waals surface area contributed by atoms with Crippen molar-refractivity contribution < 1.29 is 13.2 Å². The van der Waals surface area contributed by atoms with Crippen LogP contribution in [0.3, 0.4) is 0 Å². The fourth-order valence-electron chi connectivity index (χ4n) is 3.46. The Hall–Kier alpha value is -0.920. The molecule has 2 N–H and O–H groups in total. The number of halogens is 1. The summed E-state index contributed by atoms with van der Waals surface area (Å²) in [5.41, 5.74) is 6.13. The molecule has 1 saturated carbocycles. The van der Waals surface area contributed by atoms with Gasteiger partial charge in [-0.3, -0.25) is 9.79 Å². The molecule has 1 fully saturated rings. The monoisotopic (exact) mass is 374 g/mol. The highest BCUT2D eigenvalue weighted by molar-refractivity contribution is 7.93. The Kier molecular flexibility index (Phi) is 4.31. The zero-order valence-corrected chi connectivity index (χ0v) is 15.2. The Morgan fingerprint density at radius 2 is 2.04 bits per heavy atom. The van der Waals surface area contributed by atoms with Crippen molar-refractivity contribution in [1.82, 2.24) is 0 Å². The lowest BCUT2D eigenvalue weighted by Crippen LogP contribution is -2.55. The Balaban J connectivity index is 2.03. The van der Waals surface area contributed by atoms with Gasteiger partial charge in [0.2, 0.25) is 0 Å². The Morgan fingerprint density at radius 3 is 2.57 bits per heavy atom. The lowest BCUT2D eigenvalue weighted by Gasteiger charge is -2.40. The van der Waals surface area contributed by atoms with Gasteiger partial charge in [-0.2, -0.15) is 0 Å². The van der Waals surface area contributed by atoms with Gasteiger partial charge in [0.15, 0.2) is 15.6 Å². The van der Waals surface area contributed by atoms with Gasteiger partial charge < -0.3 is 5.73 Å². The minimum absolute atomic E-state index is 0.0920. The van der Waals surface area contributed by atoms with Crippen molar-refractivity contribution in [2.24, 2.45) is 10.7 Å². The van der Waals surface area contributed by atoms with Gasteiger partial charge in [-0.25, -0.2) is 8.42 Å². The third kappa shape index (κ3) is 2.72. The fourth-order valence-corrected chi connectivity index (χ4v) is 7.22. The van der Waals surface area contributed by atoms with E-state index >= 15 is 0 Å². The number of carbonyl (C=O) groups excluding carboxylic acids is 1. The number of Topliss-reactive ketones (excluding diaryl/α,β-unsaturated/α-hetero) is 1. The summed E-state index contributed by atoms with van der Waals surface area (Å²) in [7, 11) is -3.41. The van der Waals surface area contributed by atoms with E-state index in [1.54, 1.807) is 6.07 Å². The topological polar surface area (TPSA) is 89.6 Å². The second-order valence-corrected chi connectivity index (χ2v) is 10.1. The molecule has 1 aromatic rings. The van der Waals surface area contributed by atoms with Crippen molar-refractivity contribution in [2.75, 3.05) is 5.75 Å². The molecule has 5 nitrogen and oxygen atoms in total. The second kappa shape index (κ2) is 5.86. The molecular weight excluding hydrogens is 356 g/mol. The van der Waals surface area contributed by atoms with Crippen LogP contribution in [0, 0.1) is 0 Å². The SMILES string of the molecule is CC(=O)c1cc(Cl)c([C@@H]2CS(=O)(=O)C3(CCCCC3)C(N)=N2)s1. The standard InChI is InChI=1S/C15H19ClN2O3S2/c1-9(19)12-7-10(16)13(22-12)11-8-23(20,21)15(14(17)18-11)5-3-2-4-6-15/h7,11H,2-6,8H2,1H3,(H2,17,18)/t11-/m0/s1. The summed E-state index contributed by atoms with van der Waals surface area (Å²) in [6.45, 7) is 1.46. The number of thiophene rings is 1. The summed E-state index contributed by atoms with van der Waals surface area (Å²) in [5.74, 6) is 0.0236. The molecule has 1 spiro atoms. The maximum absolute atomic E-state index is 12.9. The van der Waals surface area contributed by atoms with Gasteiger partial charge in [-0.15, -0.1) is 11.3 Å². The number of carbonyl (C=O) groups is 1. The summed E-state index contributed by atoms with van der Waals surface area (Å²) in [5, 5.41) is 0.386. The van der Waals surface area contributed by atoms with E-state index in [1.807, 2.05) is 0 Å². The van der Waals surface area contributed by atoms with Gasteiger partial charge in [0.25, 0.3) is 0 Å². The molecule has 2 aliphatic rings. The third-order valence-electron chi connectivity index (χ3n) is 4.76. The number of sulfone groups is 1. The number of nitrogens with zero attached hydrogens (tertiary/aromatic N) is 1. The lowest BCUT2D eigenvalue weighted by molar-refractivity contribution is 0.102. The summed E-state index contributed by atoms with van der Waals surface area (Å²) in [6, 6.07) is 0.964. The number of amidine groups is 1. The molecule has 1 atom stereocenters. The predicted octanol–water partition coefficient (Wildman–Crippen LogP) is 3.13. The maximum Gasteiger partial charge on any atom is 0.169 e. The van der Waals surface area contributed by atoms with Gasteiger partial charge in [0.1, 0.15) is 16.6 Å². The van der Waals surface area contributed by atoms with Crippen molar-refractivity contribution >= 4 is 44.4 Å². The molecule has 1 aliphatic heterocycles. The largest absolute Gasteiger partial charge is 0.386 e. The highest BCUT2D eigenvalue weighted by Crippen LogP contribution is 2.44. The van der Waals surface area contributed by atoms with E-state index in [0.717, 1.165) is 19.3 Å². The molecule has 3 rings (SSSR count). The molecule has 0 aromatic carbocycles. The summed E-state index contributed by atoms with van der Waals surface area (Å²) < 4.78 is 24.9. The van der Waals surface area contributed by atoms with Crippen LogP contribution in [0.5, 0.6) is 0 Å². The average molecular weight is 375 g/mol. The molecule has 126 valence electrons. The van der Waals surface area contributed by atoms with Gasteiger partial charge >= 0.3 is 0 Å². The zero-order valence-electron chi connectivity index (χ0n) is 12.8. The molecule has 8 heteroatoms. The van der Waals surface area contributed by atoms with Crippen LogP contribution in [-0.4, -0.2) is 30.5 Å². The molecule has 0 saturated heterocycles. The molecule has 23 heavy (non-hydrogen) atoms. The number of aliphatic imine (C=N–C) groups is 1. The van der Waals surface area contributed by atoms with Crippen molar-refractivity contribution in [1.29, 1.82) is 0 Å². The second-order valence-electron chi connectivity index (χ2n) is 6.25. The van der Waals surface area contributed by atoms with Crippen LogP contribution in [0.1, 0.15) is 59.6 Å². The molecule has 2 heterocycles. The molecule has 0 amide bonds. The van der Waals surface area contributed by atoms with Crippen LogP contribution in [-0.2, 0) is 9.84 Å². The van der Waals surface area contributed by atoms with Gasteiger partial charge in [-0.05, 0) is 25.8 Å². The molecule has 0 radical (unpaired) electrons. The predicted molar refractivity (Wildman–Crippen MR) is 93.3 cm³/mol. The van der Waals surface area contributed by atoms with Gasteiger partial charge in [0, 0.05) is 4.88 Å². The Labute approximate surface area is 144 Å². The summed E-state index contributed by atoms with van der Waals surface area (Å²) in [4.78, 5) is 17.1. The zero-order chi connectivity index (χ0) is 16.8. The molecule has 1 aliphatic carbocycles. The van der Waals surface area contributed by atoms with E-state index in [9.17, 15) is 13.2 Å². The van der Waals surface area contributed by atoms with Crippen molar-refractivity contribution in [2.45, 2.75) is 49.8 Å². The van der Waals surface area contributed by atoms with Crippen LogP contribution in [0.25, 0.3) is 0 Å². The lowest BCUT2D eigenvalue weighted by atomic mass is 9.87. The first-order valence-corrected chi connectivity index (χ1v) is 10.5. The third-order valence-corrected chi connectivity index (χ3v) is 9.08. The number of ketones is 1. The highest BCUT2D eigenvalue weighted by Gasteiger charge is 2.51.